The van der Waals surface area contributed by atoms with E-state index in [1.807, 2.05) is 6.92 Å². The van der Waals surface area contributed by atoms with Crippen LogP contribution in [0, 0.1) is 5.82 Å². The molecule has 8 heteroatoms. The second-order valence-electron chi connectivity index (χ2n) is 5.58. The summed E-state index contributed by atoms with van der Waals surface area (Å²) in [4.78, 5) is 16.1. The van der Waals surface area contributed by atoms with E-state index in [2.05, 4.69) is 25.8 Å². The predicted molar refractivity (Wildman–Crippen MR) is 92.8 cm³/mol. The highest BCUT2D eigenvalue weighted by Crippen LogP contribution is 2.26. The van der Waals surface area contributed by atoms with Crippen LogP contribution in [-0.2, 0) is 4.74 Å². The van der Waals surface area contributed by atoms with Gasteiger partial charge in [-0.2, -0.15) is 5.10 Å². The topological polar surface area (TPSA) is 91.9 Å². The number of pyridine rings is 1. The van der Waals surface area contributed by atoms with Gasteiger partial charge in [0.25, 0.3) is 0 Å². The third-order valence-corrected chi connectivity index (χ3v) is 3.76. The van der Waals surface area contributed by atoms with E-state index in [9.17, 15) is 9.18 Å². The van der Waals surface area contributed by atoms with Gasteiger partial charge in [0.2, 0.25) is 0 Å². The average Bonchev–Trinajstić information content (AvgIpc) is 3.03. The molecule has 1 aromatic carbocycles. The minimum atomic E-state index is -0.367. The molecular weight excluding hydrogens is 325 g/mol. The van der Waals surface area contributed by atoms with Gasteiger partial charge >= 0.3 is 6.03 Å². The van der Waals surface area contributed by atoms with Crippen molar-refractivity contribution in [2.24, 2.45) is 0 Å². The molecule has 25 heavy (non-hydrogen) atoms. The maximum Gasteiger partial charge on any atom is 0.320 e. The Kier molecular flexibility index (Phi) is 4.90. The number of benzene rings is 1. The van der Waals surface area contributed by atoms with Crippen LogP contribution in [0.3, 0.4) is 0 Å². The van der Waals surface area contributed by atoms with Gasteiger partial charge < -0.3 is 10.1 Å². The molecule has 0 bridgehead atoms. The van der Waals surface area contributed by atoms with Gasteiger partial charge in [0.05, 0.1) is 11.6 Å². The van der Waals surface area contributed by atoms with Gasteiger partial charge in [-0.05, 0) is 31.2 Å². The van der Waals surface area contributed by atoms with Gasteiger partial charge in [0.15, 0.2) is 0 Å². The number of hydrogen-bond donors (Lipinski definition) is 3. The molecule has 0 fully saturated rings. The Morgan fingerprint density at radius 2 is 2.12 bits per heavy atom. The number of ether oxygens (including phenoxy) is 1. The summed E-state index contributed by atoms with van der Waals surface area (Å²) in [6.45, 7) is 2.25. The van der Waals surface area contributed by atoms with Crippen molar-refractivity contribution in [2.45, 2.75) is 13.0 Å². The highest BCUT2D eigenvalue weighted by molar-refractivity contribution is 5.95. The van der Waals surface area contributed by atoms with Gasteiger partial charge in [0.1, 0.15) is 17.3 Å². The fourth-order valence-electron chi connectivity index (χ4n) is 2.29. The first-order chi connectivity index (χ1) is 12.1. The van der Waals surface area contributed by atoms with Crippen molar-refractivity contribution in [3.05, 3.63) is 42.3 Å². The number of rotatable bonds is 5. The van der Waals surface area contributed by atoms with Gasteiger partial charge in [-0.1, -0.05) is 0 Å². The Hall–Kier alpha value is -3.00. The van der Waals surface area contributed by atoms with E-state index in [1.165, 1.54) is 12.1 Å². The van der Waals surface area contributed by atoms with Crippen molar-refractivity contribution in [3.8, 4) is 11.3 Å². The molecule has 3 rings (SSSR count). The molecule has 0 aliphatic carbocycles. The number of urea groups is 1. The Morgan fingerprint density at radius 1 is 1.36 bits per heavy atom. The Balaban J connectivity index is 1.75. The molecule has 3 N–H and O–H groups in total. The number of H-pyrrole nitrogens is 1. The number of nitrogens with zero attached hydrogens (tertiary/aromatic N) is 2. The van der Waals surface area contributed by atoms with Crippen molar-refractivity contribution < 1.29 is 13.9 Å². The Bertz CT molecular complexity index is 878. The van der Waals surface area contributed by atoms with Crippen molar-refractivity contribution in [1.82, 2.24) is 20.5 Å². The van der Waals surface area contributed by atoms with Crippen LogP contribution in [0.25, 0.3) is 22.2 Å². The Morgan fingerprint density at radius 3 is 2.84 bits per heavy atom. The van der Waals surface area contributed by atoms with Gasteiger partial charge in [-0.3, -0.25) is 10.4 Å². The number of hydrogen-bond acceptors (Lipinski definition) is 4. The summed E-state index contributed by atoms with van der Waals surface area (Å²) in [5.74, 6) is 0.0892. The number of carbonyl (C=O) groups excluding carboxylic acids is 1. The van der Waals surface area contributed by atoms with Crippen LogP contribution in [0.1, 0.15) is 6.92 Å². The fraction of sp³-hybridized carbons (Fsp3) is 0.235. The van der Waals surface area contributed by atoms with E-state index in [-0.39, 0.29) is 18.0 Å². The standard InChI is InChI=1S/C17H18FN5O2/c1-10(25-2)8-20-17(24)21-15-7-14-13(9-19-15)16(23-22-14)11-3-5-12(18)6-4-11/h3-7,9-10H,8H2,1-2H3,(H,22,23)(H2,19,20,21,24). The first-order valence-corrected chi connectivity index (χ1v) is 7.74. The molecule has 1 atom stereocenters. The molecule has 0 aliphatic heterocycles. The number of amides is 2. The molecule has 2 aromatic heterocycles. The number of methoxy groups -OCH3 is 1. The lowest BCUT2D eigenvalue weighted by Gasteiger charge is -2.11. The lowest BCUT2D eigenvalue weighted by atomic mass is 10.1. The number of aromatic amines is 1. The molecule has 2 amide bonds. The van der Waals surface area contributed by atoms with Crippen LogP contribution in [-0.4, -0.2) is 41.0 Å². The quantitative estimate of drug-likeness (QED) is 0.664. The molecule has 1 unspecified atom stereocenters. The van der Waals surface area contributed by atoms with Gasteiger partial charge in [-0.15, -0.1) is 0 Å². The summed E-state index contributed by atoms with van der Waals surface area (Å²) in [7, 11) is 1.58. The smallest absolute Gasteiger partial charge is 0.320 e. The van der Waals surface area contributed by atoms with E-state index in [4.69, 9.17) is 4.74 Å². The number of nitrogens with one attached hydrogen (secondary N) is 3. The average molecular weight is 343 g/mol. The third-order valence-electron chi connectivity index (χ3n) is 3.76. The molecule has 0 spiro atoms. The van der Waals surface area contributed by atoms with Crippen molar-refractivity contribution in [3.63, 3.8) is 0 Å². The maximum atomic E-state index is 13.1. The third kappa shape index (κ3) is 3.92. The van der Waals surface area contributed by atoms with Crippen molar-refractivity contribution in [2.75, 3.05) is 19.0 Å². The number of fused-ring (bicyclic) bond motifs is 1. The second kappa shape index (κ2) is 7.27. The van der Waals surface area contributed by atoms with E-state index in [0.717, 1.165) is 16.5 Å². The summed E-state index contributed by atoms with van der Waals surface area (Å²) < 4.78 is 18.1. The lowest BCUT2D eigenvalue weighted by Crippen LogP contribution is -2.35. The van der Waals surface area contributed by atoms with Crippen LogP contribution in [0.5, 0.6) is 0 Å². The summed E-state index contributed by atoms with van der Waals surface area (Å²) in [5, 5.41) is 13.3. The SMILES string of the molecule is COC(C)CNC(=O)Nc1cc2[nH]nc(-c3ccc(F)cc3)c2cn1. The number of anilines is 1. The van der Waals surface area contributed by atoms with E-state index < -0.39 is 0 Å². The van der Waals surface area contributed by atoms with Crippen LogP contribution in [0.4, 0.5) is 15.0 Å². The summed E-state index contributed by atoms with van der Waals surface area (Å²) >= 11 is 0. The molecule has 130 valence electrons. The molecule has 3 aromatic rings. The minimum absolute atomic E-state index is 0.0768. The highest BCUT2D eigenvalue weighted by atomic mass is 19.1. The zero-order valence-electron chi connectivity index (χ0n) is 13.8. The highest BCUT2D eigenvalue weighted by Gasteiger charge is 2.11. The normalized spacial score (nSPS) is 12.1. The predicted octanol–water partition coefficient (Wildman–Crippen LogP) is 2.92. The first-order valence-electron chi connectivity index (χ1n) is 7.74. The molecular formula is C17H18FN5O2. The van der Waals surface area contributed by atoms with Crippen LogP contribution < -0.4 is 10.6 Å². The van der Waals surface area contributed by atoms with Crippen LogP contribution in [0.2, 0.25) is 0 Å². The monoisotopic (exact) mass is 343 g/mol. The molecule has 0 saturated carbocycles. The zero-order valence-corrected chi connectivity index (χ0v) is 13.8. The number of halogens is 1. The summed E-state index contributed by atoms with van der Waals surface area (Å²) in [5.41, 5.74) is 2.17. The van der Waals surface area contributed by atoms with E-state index >= 15 is 0 Å². The molecule has 7 nitrogen and oxygen atoms in total. The molecule has 0 saturated heterocycles. The summed E-state index contributed by atoms with van der Waals surface area (Å²) in [6.07, 6.45) is 1.54. The van der Waals surface area contributed by atoms with Crippen LogP contribution in [0.15, 0.2) is 36.5 Å². The number of aromatic nitrogens is 3. The Labute approximate surface area is 143 Å². The largest absolute Gasteiger partial charge is 0.380 e. The van der Waals surface area contributed by atoms with E-state index in [1.54, 1.807) is 31.5 Å². The van der Waals surface area contributed by atoms with Gasteiger partial charge in [-0.25, -0.2) is 14.2 Å². The molecule has 2 heterocycles. The fourth-order valence-corrected chi connectivity index (χ4v) is 2.29. The maximum absolute atomic E-state index is 13.1. The van der Waals surface area contributed by atoms with E-state index in [0.29, 0.717) is 18.1 Å². The second-order valence-corrected chi connectivity index (χ2v) is 5.58. The minimum Gasteiger partial charge on any atom is -0.380 e. The lowest BCUT2D eigenvalue weighted by molar-refractivity contribution is 0.119. The van der Waals surface area contributed by atoms with Crippen molar-refractivity contribution >= 4 is 22.8 Å². The van der Waals surface area contributed by atoms with Crippen molar-refractivity contribution in [1.29, 1.82) is 0 Å². The molecule has 0 aliphatic rings. The van der Waals surface area contributed by atoms with Gasteiger partial charge in [0, 0.05) is 36.9 Å². The number of carbonyl (C=O) groups is 1. The first kappa shape index (κ1) is 16.8. The molecule has 0 radical (unpaired) electrons. The van der Waals surface area contributed by atoms with Crippen LogP contribution >= 0.6 is 0 Å². The zero-order chi connectivity index (χ0) is 17.8. The summed E-state index contributed by atoms with van der Waals surface area (Å²) in [6, 6.07) is 7.39.